The lowest BCUT2D eigenvalue weighted by atomic mass is 9.94. The Balaban J connectivity index is 2.13. The molecule has 1 aliphatic carbocycles. The molecular formula is C17H32N2O. The molecule has 1 aliphatic heterocycles. The molecule has 0 radical (unpaired) electrons. The van der Waals surface area contributed by atoms with Gasteiger partial charge in [-0.2, -0.15) is 0 Å². The number of nitrogens with zero attached hydrogens (tertiary/aromatic N) is 1. The van der Waals surface area contributed by atoms with Crippen LogP contribution in [0.1, 0.15) is 73.1 Å². The first-order valence-electron chi connectivity index (χ1n) is 8.47. The maximum absolute atomic E-state index is 12.8. The van der Waals surface area contributed by atoms with Crippen LogP contribution in [0.15, 0.2) is 0 Å². The number of rotatable bonds is 7. The van der Waals surface area contributed by atoms with Gasteiger partial charge in [-0.3, -0.25) is 10.1 Å². The predicted octanol–water partition coefficient (Wildman–Crippen LogP) is 3.54. The summed E-state index contributed by atoms with van der Waals surface area (Å²) in [5.41, 5.74) is 0.0185. The molecule has 0 bridgehead atoms. The van der Waals surface area contributed by atoms with Crippen LogP contribution in [0.3, 0.4) is 0 Å². The minimum absolute atomic E-state index is 0.0185. The summed E-state index contributed by atoms with van der Waals surface area (Å²) < 4.78 is 0. The van der Waals surface area contributed by atoms with E-state index in [1.807, 2.05) is 0 Å². The zero-order valence-corrected chi connectivity index (χ0v) is 13.9. The van der Waals surface area contributed by atoms with Gasteiger partial charge >= 0.3 is 0 Å². The smallest absolute Gasteiger partial charge is 0.241 e. The summed E-state index contributed by atoms with van der Waals surface area (Å²) >= 11 is 0. The Morgan fingerprint density at radius 3 is 2.50 bits per heavy atom. The lowest BCUT2D eigenvalue weighted by Crippen LogP contribution is -2.52. The molecule has 2 rings (SSSR count). The minimum Gasteiger partial charge on any atom is -0.320 e. The Bertz CT molecular complexity index is 347. The number of amides is 1. The van der Waals surface area contributed by atoms with Gasteiger partial charge in [-0.25, -0.2) is 0 Å². The molecule has 2 unspecified atom stereocenters. The summed E-state index contributed by atoms with van der Waals surface area (Å²) in [6.07, 6.45) is 7.14. The van der Waals surface area contributed by atoms with Gasteiger partial charge in [0, 0.05) is 5.54 Å². The van der Waals surface area contributed by atoms with Crippen molar-refractivity contribution in [3.05, 3.63) is 0 Å². The molecule has 1 heterocycles. The molecule has 1 amide bonds. The van der Waals surface area contributed by atoms with Crippen LogP contribution in [-0.4, -0.2) is 28.6 Å². The monoisotopic (exact) mass is 280 g/mol. The fourth-order valence-electron chi connectivity index (χ4n) is 3.61. The summed E-state index contributed by atoms with van der Waals surface area (Å²) in [7, 11) is 0. The van der Waals surface area contributed by atoms with Crippen LogP contribution < -0.4 is 5.32 Å². The molecule has 0 aromatic rings. The summed E-state index contributed by atoms with van der Waals surface area (Å²) in [5.74, 6) is 1.66. The summed E-state index contributed by atoms with van der Waals surface area (Å²) in [6, 6.07) is 0.0525. The Hall–Kier alpha value is -0.570. The van der Waals surface area contributed by atoms with Crippen LogP contribution in [0.25, 0.3) is 0 Å². The largest absolute Gasteiger partial charge is 0.320 e. The predicted molar refractivity (Wildman–Crippen MR) is 83.3 cm³/mol. The van der Waals surface area contributed by atoms with Crippen LogP contribution in [0.4, 0.5) is 0 Å². The van der Waals surface area contributed by atoms with Crippen molar-refractivity contribution < 1.29 is 4.79 Å². The zero-order chi connectivity index (χ0) is 14.9. The van der Waals surface area contributed by atoms with Crippen molar-refractivity contribution in [2.75, 3.05) is 0 Å². The fraction of sp³-hybridized carbons (Fsp3) is 0.941. The topological polar surface area (TPSA) is 32.3 Å². The van der Waals surface area contributed by atoms with E-state index in [4.69, 9.17) is 0 Å². The van der Waals surface area contributed by atoms with Crippen LogP contribution >= 0.6 is 0 Å². The molecule has 0 aromatic heterocycles. The van der Waals surface area contributed by atoms with E-state index in [0.29, 0.717) is 17.7 Å². The highest BCUT2D eigenvalue weighted by Gasteiger charge is 2.51. The van der Waals surface area contributed by atoms with Gasteiger partial charge in [0.05, 0.1) is 12.2 Å². The van der Waals surface area contributed by atoms with Crippen molar-refractivity contribution in [3.63, 3.8) is 0 Å². The van der Waals surface area contributed by atoms with Gasteiger partial charge in [0.1, 0.15) is 0 Å². The van der Waals surface area contributed by atoms with E-state index in [0.717, 1.165) is 25.7 Å². The Morgan fingerprint density at radius 1 is 1.35 bits per heavy atom. The molecule has 2 fully saturated rings. The standard InChI is InChI=1S/C17H32N2O/c1-6-7-8-14-16(20)19(15(18-14)11-12(2)3)17(4,5)13-9-10-13/h12-15,18H,6-11H2,1-5H3. The van der Waals surface area contributed by atoms with E-state index in [-0.39, 0.29) is 17.7 Å². The van der Waals surface area contributed by atoms with Crippen molar-refractivity contribution in [1.29, 1.82) is 0 Å². The third kappa shape index (κ3) is 3.19. The van der Waals surface area contributed by atoms with Gasteiger partial charge in [0.15, 0.2) is 0 Å². The average Bonchev–Trinajstić information content (AvgIpc) is 3.13. The third-order valence-corrected chi connectivity index (χ3v) is 4.98. The summed E-state index contributed by atoms with van der Waals surface area (Å²) in [6.45, 7) is 11.2. The van der Waals surface area contributed by atoms with Gasteiger partial charge in [-0.15, -0.1) is 0 Å². The fourth-order valence-corrected chi connectivity index (χ4v) is 3.61. The maximum atomic E-state index is 12.8. The van der Waals surface area contributed by atoms with Crippen LogP contribution in [-0.2, 0) is 4.79 Å². The number of hydrogen-bond acceptors (Lipinski definition) is 2. The second kappa shape index (κ2) is 6.05. The normalized spacial score (nSPS) is 27.7. The van der Waals surface area contributed by atoms with Crippen molar-refractivity contribution in [1.82, 2.24) is 10.2 Å². The van der Waals surface area contributed by atoms with Crippen molar-refractivity contribution >= 4 is 5.91 Å². The SMILES string of the molecule is CCCCC1NC(CC(C)C)N(C(C)(C)C2CC2)C1=O. The van der Waals surface area contributed by atoms with Crippen LogP contribution in [0.2, 0.25) is 0 Å². The lowest BCUT2D eigenvalue weighted by molar-refractivity contribution is -0.136. The minimum atomic E-state index is 0.0185. The Morgan fingerprint density at radius 2 is 2.00 bits per heavy atom. The molecule has 2 atom stereocenters. The lowest BCUT2D eigenvalue weighted by Gasteiger charge is -2.40. The van der Waals surface area contributed by atoms with Crippen molar-refractivity contribution in [2.24, 2.45) is 11.8 Å². The van der Waals surface area contributed by atoms with Crippen molar-refractivity contribution in [2.45, 2.75) is 90.9 Å². The molecule has 0 aromatic carbocycles. The number of carbonyl (C=O) groups is 1. The quantitative estimate of drug-likeness (QED) is 0.773. The Kier molecular flexibility index (Phi) is 4.78. The highest BCUT2D eigenvalue weighted by atomic mass is 16.2. The second-order valence-electron chi connectivity index (χ2n) is 7.64. The first-order chi connectivity index (χ1) is 9.37. The van der Waals surface area contributed by atoms with Gasteiger partial charge in [0.2, 0.25) is 5.91 Å². The number of hydrogen-bond donors (Lipinski definition) is 1. The average molecular weight is 280 g/mol. The molecule has 116 valence electrons. The molecule has 2 aliphatic rings. The molecule has 1 saturated carbocycles. The van der Waals surface area contributed by atoms with Gasteiger partial charge < -0.3 is 4.90 Å². The molecule has 20 heavy (non-hydrogen) atoms. The van der Waals surface area contributed by atoms with E-state index >= 15 is 0 Å². The molecular weight excluding hydrogens is 248 g/mol. The molecule has 0 spiro atoms. The van der Waals surface area contributed by atoms with Gasteiger partial charge in [0.25, 0.3) is 0 Å². The Labute approximate surface area is 124 Å². The summed E-state index contributed by atoms with van der Waals surface area (Å²) in [4.78, 5) is 15.0. The molecule has 3 heteroatoms. The highest BCUT2D eigenvalue weighted by Crippen LogP contribution is 2.45. The van der Waals surface area contributed by atoms with Crippen LogP contribution in [0, 0.1) is 11.8 Å². The van der Waals surface area contributed by atoms with E-state index < -0.39 is 0 Å². The second-order valence-corrected chi connectivity index (χ2v) is 7.64. The first kappa shape index (κ1) is 15.8. The third-order valence-electron chi connectivity index (χ3n) is 4.98. The summed E-state index contributed by atoms with van der Waals surface area (Å²) in [5, 5.41) is 3.62. The number of nitrogens with one attached hydrogen (secondary N) is 1. The molecule has 1 saturated heterocycles. The number of carbonyl (C=O) groups excluding carboxylic acids is 1. The van der Waals surface area contributed by atoms with E-state index in [9.17, 15) is 4.79 Å². The van der Waals surface area contributed by atoms with Gasteiger partial charge in [-0.05, 0) is 51.4 Å². The van der Waals surface area contributed by atoms with E-state index in [2.05, 4.69) is 44.8 Å². The number of unbranched alkanes of at least 4 members (excludes halogenated alkanes) is 1. The molecule has 1 N–H and O–H groups in total. The first-order valence-corrected chi connectivity index (χ1v) is 8.47. The maximum Gasteiger partial charge on any atom is 0.241 e. The van der Waals surface area contributed by atoms with Gasteiger partial charge in [-0.1, -0.05) is 33.6 Å². The molecule has 3 nitrogen and oxygen atoms in total. The zero-order valence-electron chi connectivity index (χ0n) is 13.9. The highest BCUT2D eigenvalue weighted by molar-refractivity contribution is 5.85. The van der Waals surface area contributed by atoms with Crippen LogP contribution in [0.5, 0.6) is 0 Å². The van der Waals surface area contributed by atoms with Crippen molar-refractivity contribution in [3.8, 4) is 0 Å². The van der Waals surface area contributed by atoms with E-state index in [1.165, 1.54) is 12.8 Å². The van der Waals surface area contributed by atoms with E-state index in [1.54, 1.807) is 0 Å².